The Balaban J connectivity index is 2.93. The van der Waals surface area contributed by atoms with Gasteiger partial charge in [-0.1, -0.05) is 23.2 Å². The van der Waals surface area contributed by atoms with E-state index in [1.807, 2.05) is 5.32 Å². The Morgan fingerprint density at radius 1 is 1.40 bits per heavy atom. The lowest BCUT2D eigenvalue weighted by molar-refractivity contribution is -0.124. The van der Waals surface area contributed by atoms with Gasteiger partial charge in [0, 0.05) is 0 Å². The molecule has 1 aliphatic heterocycles. The first-order valence-corrected chi connectivity index (χ1v) is 3.25. The van der Waals surface area contributed by atoms with Crippen molar-refractivity contribution in [2.75, 3.05) is 0 Å². The third-order valence-electron chi connectivity index (χ3n) is 1.09. The summed E-state index contributed by atoms with van der Waals surface area (Å²) in [5.74, 6) is -0.858. The number of halogens is 2. The van der Waals surface area contributed by atoms with Crippen LogP contribution in [0.4, 0.5) is 0 Å². The van der Waals surface area contributed by atoms with Gasteiger partial charge in [0.25, 0.3) is 5.91 Å². The molecule has 0 aliphatic carbocycles. The molecule has 2 amide bonds. The molecule has 0 saturated carbocycles. The molecular formula is C5H3Cl2NO2. The first kappa shape index (κ1) is 7.57. The molecule has 0 atom stereocenters. The second-order valence-corrected chi connectivity index (χ2v) is 2.74. The number of hydrogen-bond acceptors (Lipinski definition) is 2. The molecule has 1 aliphatic rings. The van der Waals surface area contributed by atoms with E-state index in [1.54, 1.807) is 0 Å². The van der Waals surface area contributed by atoms with Crippen LogP contribution in [0.5, 0.6) is 0 Å². The van der Waals surface area contributed by atoms with E-state index in [-0.39, 0.29) is 22.4 Å². The second-order valence-electron chi connectivity index (χ2n) is 1.79. The van der Waals surface area contributed by atoms with Crippen LogP contribution in [-0.4, -0.2) is 11.8 Å². The first-order valence-electron chi connectivity index (χ1n) is 2.49. The zero-order valence-electron chi connectivity index (χ0n) is 4.78. The molecule has 1 saturated heterocycles. The maximum atomic E-state index is 10.7. The average Bonchev–Trinajstić information content (AvgIpc) is 2.10. The van der Waals surface area contributed by atoms with Crippen molar-refractivity contribution < 1.29 is 9.59 Å². The van der Waals surface area contributed by atoms with Crippen molar-refractivity contribution in [2.24, 2.45) is 0 Å². The molecule has 3 nitrogen and oxygen atoms in total. The topological polar surface area (TPSA) is 46.2 Å². The highest BCUT2D eigenvalue weighted by molar-refractivity contribution is 6.57. The molecule has 1 rings (SSSR count). The predicted molar refractivity (Wildman–Crippen MR) is 36.5 cm³/mol. The van der Waals surface area contributed by atoms with E-state index in [9.17, 15) is 9.59 Å². The maximum absolute atomic E-state index is 10.7. The molecule has 1 heterocycles. The smallest absolute Gasteiger partial charge is 0.256 e. The molecule has 0 radical (unpaired) electrons. The van der Waals surface area contributed by atoms with E-state index in [4.69, 9.17) is 23.2 Å². The third-order valence-corrected chi connectivity index (χ3v) is 1.55. The summed E-state index contributed by atoms with van der Waals surface area (Å²) in [6, 6.07) is 0. The second kappa shape index (κ2) is 2.60. The van der Waals surface area contributed by atoms with E-state index >= 15 is 0 Å². The van der Waals surface area contributed by atoms with Gasteiger partial charge >= 0.3 is 0 Å². The number of hydrogen-bond donors (Lipinski definition) is 1. The summed E-state index contributed by atoms with van der Waals surface area (Å²) >= 11 is 10.6. The normalized spacial score (nSPS) is 17.6. The van der Waals surface area contributed by atoms with Gasteiger partial charge in [0.2, 0.25) is 5.91 Å². The van der Waals surface area contributed by atoms with Crippen LogP contribution >= 0.6 is 23.2 Å². The summed E-state index contributed by atoms with van der Waals surface area (Å²) in [6.07, 6.45) is -0.0127. The van der Waals surface area contributed by atoms with Crippen LogP contribution < -0.4 is 5.32 Å². The Morgan fingerprint density at radius 2 is 2.00 bits per heavy atom. The highest BCUT2D eigenvalue weighted by Crippen LogP contribution is 2.20. The number of carbonyl (C=O) groups is 2. The van der Waals surface area contributed by atoms with Crippen LogP contribution in [-0.2, 0) is 9.59 Å². The van der Waals surface area contributed by atoms with Gasteiger partial charge in [-0.25, -0.2) is 0 Å². The van der Waals surface area contributed by atoms with E-state index in [0.29, 0.717) is 0 Å². The number of carbonyl (C=O) groups excluding carboxylic acids is 2. The monoisotopic (exact) mass is 179 g/mol. The summed E-state index contributed by atoms with van der Waals surface area (Å²) in [7, 11) is 0. The van der Waals surface area contributed by atoms with Gasteiger partial charge < -0.3 is 0 Å². The number of imide groups is 1. The maximum Gasteiger partial charge on any atom is 0.256 e. The predicted octanol–water partition coefficient (Wildman–Crippen LogP) is 0.722. The van der Waals surface area contributed by atoms with Crippen LogP contribution in [0.3, 0.4) is 0 Å². The summed E-state index contributed by atoms with van der Waals surface area (Å²) in [6.45, 7) is 0. The average molecular weight is 180 g/mol. The van der Waals surface area contributed by atoms with Crippen LogP contribution in [0.1, 0.15) is 6.42 Å². The summed E-state index contributed by atoms with van der Waals surface area (Å²) in [4.78, 5) is 21.2. The lowest BCUT2D eigenvalue weighted by atomic mass is 10.3. The largest absolute Gasteiger partial charge is 0.292 e. The Hall–Kier alpha value is -0.540. The lowest BCUT2D eigenvalue weighted by Crippen LogP contribution is -2.19. The lowest BCUT2D eigenvalue weighted by Gasteiger charge is -1.87. The quantitative estimate of drug-likeness (QED) is 0.441. The van der Waals surface area contributed by atoms with Gasteiger partial charge in [-0.05, 0) is 0 Å². The van der Waals surface area contributed by atoms with Gasteiger partial charge in [-0.2, -0.15) is 0 Å². The molecule has 10 heavy (non-hydrogen) atoms. The minimum Gasteiger partial charge on any atom is -0.292 e. The molecule has 0 aromatic carbocycles. The minimum absolute atomic E-state index is 0.0127. The van der Waals surface area contributed by atoms with Gasteiger partial charge in [0.1, 0.15) is 4.49 Å². The fourth-order valence-electron chi connectivity index (χ4n) is 0.640. The number of nitrogens with one attached hydrogen (secondary N) is 1. The SMILES string of the molecule is O=C1CC(=C(Cl)Cl)C(=O)N1. The molecule has 0 spiro atoms. The number of rotatable bonds is 0. The van der Waals surface area contributed by atoms with Crippen molar-refractivity contribution in [3.8, 4) is 0 Å². The first-order chi connectivity index (χ1) is 4.61. The third kappa shape index (κ3) is 1.30. The van der Waals surface area contributed by atoms with E-state index in [0.717, 1.165) is 0 Å². The van der Waals surface area contributed by atoms with Crippen molar-refractivity contribution in [1.82, 2.24) is 5.32 Å². The van der Waals surface area contributed by atoms with Crippen molar-refractivity contribution in [2.45, 2.75) is 6.42 Å². The molecule has 0 aromatic heterocycles. The van der Waals surface area contributed by atoms with Crippen molar-refractivity contribution in [3.05, 3.63) is 10.1 Å². The zero-order chi connectivity index (χ0) is 7.72. The molecule has 5 heteroatoms. The van der Waals surface area contributed by atoms with Gasteiger partial charge in [-0.15, -0.1) is 0 Å². The van der Waals surface area contributed by atoms with E-state index < -0.39 is 5.91 Å². The Morgan fingerprint density at radius 3 is 2.20 bits per heavy atom. The van der Waals surface area contributed by atoms with Crippen LogP contribution in [0.2, 0.25) is 0 Å². The minimum atomic E-state index is -0.495. The van der Waals surface area contributed by atoms with E-state index in [1.165, 1.54) is 0 Å². The molecule has 0 bridgehead atoms. The summed E-state index contributed by atoms with van der Waals surface area (Å²) < 4.78 is -0.136. The van der Waals surface area contributed by atoms with Gasteiger partial charge in [0.15, 0.2) is 0 Å². The standard InChI is InChI=1S/C5H3Cl2NO2/c6-4(7)2-1-3(9)8-5(2)10/h1H2,(H,8,9,10). The Labute approximate surface area is 67.0 Å². The molecule has 1 N–H and O–H groups in total. The van der Waals surface area contributed by atoms with Crippen LogP contribution in [0.25, 0.3) is 0 Å². The Kier molecular flexibility index (Phi) is 1.97. The fourth-order valence-corrected chi connectivity index (χ4v) is 0.945. The number of amides is 2. The highest BCUT2D eigenvalue weighted by Gasteiger charge is 2.25. The van der Waals surface area contributed by atoms with Crippen LogP contribution in [0, 0.1) is 0 Å². The fraction of sp³-hybridized carbons (Fsp3) is 0.200. The van der Waals surface area contributed by atoms with Gasteiger partial charge in [0.05, 0.1) is 12.0 Å². The molecule has 0 aromatic rings. The van der Waals surface area contributed by atoms with Crippen molar-refractivity contribution >= 4 is 35.0 Å². The molecule has 54 valence electrons. The summed E-state index contributed by atoms with van der Waals surface area (Å²) in [5, 5.41) is 2.04. The highest BCUT2D eigenvalue weighted by atomic mass is 35.5. The van der Waals surface area contributed by atoms with Crippen LogP contribution in [0.15, 0.2) is 10.1 Å². The molecular weight excluding hydrogens is 177 g/mol. The molecule has 0 unspecified atom stereocenters. The van der Waals surface area contributed by atoms with E-state index in [2.05, 4.69) is 0 Å². The van der Waals surface area contributed by atoms with Gasteiger partial charge in [-0.3, -0.25) is 14.9 Å². The molecule has 1 fully saturated rings. The summed E-state index contributed by atoms with van der Waals surface area (Å²) in [5.41, 5.74) is 0.147. The Bertz CT molecular complexity index is 230. The zero-order valence-corrected chi connectivity index (χ0v) is 6.29. The van der Waals surface area contributed by atoms with Crippen molar-refractivity contribution in [3.63, 3.8) is 0 Å². The van der Waals surface area contributed by atoms with Crippen molar-refractivity contribution in [1.29, 1.82) is 0 Å².